The van der Waals surface area contributed by atoms with E-state index < -0.39 is 0 Å². The Morgan fingerprint density at radius 2 is 2.00 bits per heavy atom. The first kappa shape index (κ1) is 10.7. The van der Waals surface area contributed by atoms with Crippen LogP contribution in [0.25, 0.3) is 0 Å². The van der Waals surface area contributed by atoms with Crippen molar-refractivity contribution < 1.29 is 4.79 Å². The van der Waals surface area contributed by atoms with E-state index in [9.17, 15) is 4.79 Å². The number of rotatable bonds is 0. The zero-order valence-corrected chi connectivity index (χ0v) is 10.9. The van der Waals surface area contributed by atoms with Gasteiger partial charge in [0, 0.05) is 5.54 Å². The second-order valence-electron chi connectivity index (χ2n) is 4.79. The smallest absolute Gasteiger partial charge is 0.291 e. The highest BCUT2D eigenvalue weighted by atomic mass is 79.9. The number of hydrogen-bond acceptors (Lipinski definition) is 2. The van der Waals surface area contributed by atoms with E-state index in [1.165, 1.54) is 0 Å². The Morgan fingerprint density at radius 1 is 1.40 bits per heavy atom. The molecule has 0 N–H and O–H groups in total. The van der Waals surface area contributed by atoms with Gasteiger partial charge >= 0.3 is 0 Å². The number of amides is 1. The van der Waals surface area contributed by atoms with Gasteiger partial charge in [0.05, 0.1) is 5.69 Å². The van der Waals surface area contributed by atoms with Crippen molar-refractivity contribution in [3.05, 3.63) is 16.1 Å². The Hall–Kier alpha value is -0.840. The molecule has 2 heterocycles. The van der Waals surface area contributed by atoms with Gasteiger partial charge in [-0.3, -0.25) is 9.36 Å². The lowest BCUT2D eigenvalue weighted by molar-refractivity contribution is 0.0578. The first-order valence-corrected chi connectivity index (χ1v) is 5.66. The highest BCUT2D eigenvalue weighted by molar-refractivity contribution is 9.10. The Morgan fingerprint density at radius 3 is 2.47 bits per heavy atom. The van der Waals surface area contributed by atoms with E-state index in [-0.39, 0.29) is 11.4 Å². The second kappa shape index (κ2) is 3.07. The monoisotopic (exact) mass is 271 g/mol. The van der Waals surface area contributed by atoms with Gasteiger partial charge in [-0.2, -0.15) is 0 Å². The fraction of sp³-hybridized carbons (Fsp3) is 0.600. The van der Waals surface area contributed by atoms with Gasteiger partial charge in [0.25, 0.3) is 5.91 Å². The lowest BCUT2D eigenvalue weighted by Gasteiger charge is -2.30. The van der Waals surface area contributed by atoms with Gasteiger partial charge in [-0.1, -0.05) is 0 Å². The summed E-state index contributed by atoms with van der Waals surface area (Å²) in [7, 11) is 0. The number of hydrogen-bond donors (Lipinski definition) is 0. The number of aromatic nitrogens is 2. The Bertz CT molecular complexity index is 431. The standard InChI is InChI=1S/C10H14BrN3O/c1-6-7(11)13-5-14(10(2,3)4)9(15)8(13)12-6/h5H2,1-4H3. The maximum atomic E-state index is 12.0. The minimum atomic E-state index is -0.162. The van der Waals surface area contributed by atoms with Gasteiger partial charge in [-0.15, -0.1) is 0 Å². The van der Waals surface area contributed by atoms with Crippen LogP contribution >= 0.6 is 15.9 Å². The van der Waals surface area contributed by atoms with E-state index in [0.29, 0.717) is 12.5 Å². The van der Waals surface area contributed by atoms with Crippen molar-refractivity contribution in [1.29, 1.82) is 0 Å². The van der Waals surface area contributed by atoms with Gasteiger partial charge in [-0.25, -0.2) is 4.98 Å². The highest BCUT2D eigenvalue weighted by Gasteiger charge is 2.37. The predicted molar refractivity (Wildman–Crippen MR) is 60.6 cm³/mol. The largest absolute Gasteiger partial charge is 0.313 e. The van der Waals surface area contributed by atoms with Crippen molar-refractivity contribution in [3.63, 3.8) is 0 Å². The summed E-state index contributed by atoms with van der Waals surface area (Å²) in [5.41, 5.74) is 0.706. The number of aryl methyl sites for hydroxylation is 1. The van der Waals surface area contributed by atoms with Crippen molar-refractivity contribution >= 4 is 21.8 Å². The highest BCUT2D eigenvalue weighted by Crippen LogP contribution is 2.29. The molecule has 82 valence electrons. The minimum absolute atomic E-state index is 0.0105. The van der Waals surface area contributed by atoms with Crippen molar-refractivity contribution in [2.24, 2.45) is 0 Å². The minimum Gasteiger partial charge on any atom is -0.313 e. The van der Waals surface area contributed by atoms with E-state index in [1.807, 2.05) is 37.2 Å². The summed E-state index contributed by atoms with van der Waals surface area (Å²) in [4.78, 5) is 18.1. The summed E-state index contributed by atoms with van der Waals surface area (Å²) in [5, 5.41) is 0. The van der Waals surface area contributed by atoms with Crippen LogP contribution in [0.3, 0.4) is 0 Å². The van der Waals surface area contributed by atoms with Crippen LogP contribution in [0.5, 0.6) is 0 Å². The maximum Gasteiger partial charge on any atom is 0.291 e. The number of imidazole rings is 1. The summed E-state index contributed by atoms with van der Waals surface area (Å²) >= 11 is 3.44. The Labute approximate surface area is 97.4 Å². The first-order valence-electron chi connectivity index (χ1n) is 4.87. The van der Waals surface area contributed by atoms with Crippen LogP contribution in [0.2, 0.25) is 0 Å². The van der Waals surface area contributed by atoms with Crippen LogP contribution in [0.4, 0.5) is 0 Å². The molecule has 0 aliphatic carbocycles. The van der Waals surface area contributed by atoms with Crippen molar-refractivity contribution in [2.75, 3.05) is 0 Å². The molecule has 1 aliphatic heterocycles. The molecule has 2 rings (SSSR count). The predicted octanol–water partition coefficient (Wildman–Crippen LogP) is 2.17. The third-order valence-electron chi connectivity index (χ3n) is 2.59. The summed E-state index contributed by atoms with van der Waals surface area (Å²) < 4.78 is 2.81. The molecule has 0 aromatic carbocycles. The van der Waals surface area contributed by atoms with Crippen LogP contribution in [0.15, 0.2) is 4.60 Å². The van der Waals surface area contributed by atoms with E-state index in [4.69, 9.17) is 0 Å². The van der Waals surface area contributed by atoms with E-state index in [2.05, 4.69) is 20.9 Å². The summed E-state index contributed by atoms with van der Waals surface area (Å²) in [6.07, 6.45) is 0. The first-order chi connectivity index (χ1) is 6.82. The zero-order valence-electron chi connectivity index (χ0n) is 9.33. The number of halogens is 1. The van der Waals surface area contributed by atoms with Crippen LogP contribution in [0, 0.1) is 6.92 Å². The van der Waals surface area contributed by atoms with Crippen LogP contribution in [0.1, 0.15) is 37.1 Å². The van der Waals surface area contributed by atoms with Gasteiger partial charge in [-0.05, 0) is 43.6 Å². The average molecular weight is 272 g/mol. The molecule has 0 saturated heterocycles. The van der Waals surface area contributed by atoms with E-state index in [1.54, 1.807) is 0 Å². The molecule has 0 unspecified atom stereocenters. The maximum absolute atomic E-state index is 12.0. The van der Waals surface area contributed by atoms with Crippen LogP contribution < -0.4 is 0 Å². The molecule has 0 fully saturated rings. The lowest BCUT2D eigenvalue weighted by atomic mass is 10.1. The Kier molecular flexibility index (Phi) is 2.19. The molecule has 5 heteroatoms. The third-order valence-corrected chi connectivity index (χ3v) is 3.60. The topological polar surface area (TPSA) is 38.1 Å². The SMILES string of the molecule is Cc1nc2n(c1Br)CN(C(C)(C)C)C2=O. The molecule has 1 amide bonds. The molecule has 0 atom stereocenters. The second-order valence-corrected chi connectivity index (χ2v) is 5.54. The molecule has 0 spiro atoms. The summed E-state index contributed by atoms with van der Waals surface area (Å²) in [6.45, 7) is 8.55. The molecule has 0 radical (unpaired) electrons. The molecule has 0 bridgehead atoms. The average Bonchev–Trinajstić information content (AvgIpc) is 2.54. The number of nitrogens with zero attached hydrogens (tertiary/aromatic N) is 3. The lowest BCUT2D eigenvalue weighted by Crippen LogP contribution is -2.41. The number of fused-ring (bicyclic) bond motifs is 1. The molecule has 1 aliphatic rings. The molecule has 1 aromatic rings. The van der Waals surface area contributed by atoms with Gasteiger partial charge in [0.15, 0.2) is 0 Å². The molecule has 4 nitrogen and oxygen atoms in total. The summed E-state index contributed by atoms with van der Waals surface area (Å²) in [6, 6.07) is 0. The fourth-order valence-electron chi connectivity index (χ4n) is 1.69. The van der Waals surface area contributed by atoms with Crippen molar-refractivity contribution in [1.82, 2.24) is 14.5 Å². The van der Waals surface area contributed by atoms with Crippen LogP contribution in [-0.2, 0) is 6.67 Å². The molecule has 1 aromatic heterocycles. The van der Waals surface area contributed by atoms with Gasteiger partial charge in [0.1, 0.15) is 11.3 Å². The molecule has 0 saturated carbocycles. The summed E-state index contributed by atoms with van der Waals surface area (Å²) in [5.74, 6) is 0.547. The van der Waals surface area contributed by atoms with Gasteiger partial charge < -0.3 is 4.90 Å². The quantitative estimate of drug-likeness (QED) is 0.726. The fourth-order valence-corrected chi connectivity index (χ4v) is 2.06. The Balaban J connectivity index is 2.44. The van der Waals surface area contributed by atoms with Crippen molar-refractivity contribution in [3.8, 4) is 0 Å². The van der Waals surface area contributed by atoms with Crippen LogP contribution in [-0.4, -0.2) is 25.9 Å². The molecular weight excluding hydrogens is 258 g/mol. The normalized spacial score (nSPS) is 16.1. The molecular formula is C10H14BrN3O. The van der Waals surface area contributed by atoms with E-state index in [0.717, 1.165) is 10.3 Å². The number of carbonyl (C=O) groups excluding carboxylic acids is 1. The van der Waals surface area contributed by atoms with Crippen molar-refractivity contribution in [2.45, 2.75) is 39.9 Å². The van der Waals surface area contributed by atoms with E-state index >= 15 is 0 Å². The molecule has 15 heavy (non-hydrogen) atoms. The zero-order chi connectivity index (χ0) is 11.4. The van der Waals surface area contributed by atoms with Gasteiger partial charge in [0.2, 0.25) is 5.82 Å². The third kappa shape index (κ3) is 1.49. The number of carbonyl (C=O) groups is 1.